The Balaban J connectivity index is 3.95. The normalized spacial score (nSPS) is 12.5. The number of amides is 5. The molecule has 0 fully saturated rings. The van der Waals surface area contributed by atoms with Gasteiger partial charge in [0, 0.05) is 26.6 Å². The number of hydrogen-bond donors (Lipinski definition) is 6. The Labute approximate surface area is 254 Å². The summed E-state index contributed by atoms with van der Waals surface area (Å²) in [6.07, 6.45) is 0.766. The maximum atomic E-state index is 12.9. The summed E-state index contributed by atoms with van der Waals surface area (Å²) in [6, 6.07) is -2.32. The molecule has 252 valence electrons. The summed E-state index contributed by atoms with van der Waals surface area (Å²) in [5.41, 5.74) is 10.4. The molecule has 0 spiro atoms. The van der Waals surface area contributed by atoms with Gasteiger partial charge in [0.1, 0.15) is 12.1 Å². The highest BCUT2D eigenvalue weighted by atomic mass is 16.6. The first kappa shape index (κ1) is 40.4. The van der Waals surface area contributed by atoms with E-state index in [1.165, 1.54) is 7.05 Å². The Morgan fingerprint density at radius 2 is 1.14 bits per heavy atom. The number of rotatable bonds is 29. The van der Waals surface area contributed by atoms with E-state index in [2.05, 4.69) is 21.3 Å². The third-order valence-electron chi connectivity index (χ3n) is 5.71. The summed E-state index contributed by atoms with van der Waals surface area (Å²) in [5.74, 6) is -1.43. The predicted octanol–water partition coefficient (Wildman–Crippen LogP) is -1.75. The Bertz CT molecular complexity index is 747. The van der Waals surface area contributed by atoms with E-state index in [0.29, 0.717) is 85.6 Å². The number of nitrogens with one attached hydrogen (secondary N) is 4. The zero-order valence-electron chi connectivity index (χ0n) is 26.0. The van der Waals surface area contributed by atoms with Crippen LogP contribution >= 0.6 is 0 Å². The number of carbonyl (C=O) groups is 4. The first-order chi connectivity index (χ1) is 20.7. The number of primary amides is 1. The third kappa shape index (κ3) is 24.5. The summed E-state index contributed by atoms with van der Waals surface area (Å²) in [5, 5.41) is 10.3. The van der Waals surface area contributed by atoms with E-state index in [1.54, 1.807) is 13.8 Å². The molecule has 16 nitrogen and oxygen atoms in total. The number of likely N-dealkylation sites (N-methyl/N-ethyl adjacent to an activating group) is 1. The van der Waals surface area contributed by atoms with E-state index in [9.17, 15) is 19.2 Å². The summed E-state index contributed by atoms with van der Waals surface area (Å²) in [6.45, 7) is 9.43. The van der Waals surface area contributed by atoms with Crippen molar-refractivity contribution in [3.8, 4) is 0 Å². The zero-order valence-corrected chi connectivity index (χ0v) is 26.0. The molecule has 0 radical (unpaired) electrons. The van der Waals surface area contributed by atoms with Crippen LogP contribution in [0, 0.1) is 5.92 Å². The van der Waals surface area contributed by atoms with Crippen LogP contribution in [0.25, 0.3) is 0 Å². The van der Waals surface area contributed by atoms with Crippen LogP contribution in [0.3, 0.4) is 0 Å². The molecule has 0 aliphatic carbocycles. The number of urea groups is 1. The van der Waals surface area contributed by atoms with Crippen LogP contribution in [0.1, 0.15) is 33.1 Å². The molecule has 0 rings (SSSR count). The van der Waals surface area contributed by atoms with Gasteiger partial charge in [0.25, 0.3) is 0 Å². The van der Waals surface area contributed by atoms with Crippen LogP contribution < -0.4 is 32.7 Å². The predicted molar refractivity (Wildman–Crippen MR) is 158 cm³/mol. The number of ether oxygens (including phenoxy) is 6. The van der Waals surface area contributed by atoms with Gasteiger partial charge < -0.3 is 61.2 Å². The molecule has 0 heterocycles. The molecule has 43 heavy (non-hydrogen) atoms. The van der Waals surface area contributed by atoms with E-state index in [-0.39, 0.29) is 43.7 Å². The first-order valence-corrected chi connectivity index (χ1v) is 14.7. The molecule has 0 aliphatic heterocycles. The summed E-state index contributed by atoms with van der Waals surface area (Å²) < 4.78 is 32.2. The van der Waals surface area contributed by atoms with E-state index in [4.69, 9.17) is 39.9 Å². The van der Waals surface area contributed by atoms with Gasteiger partial charge in [-0.05, 0) is 18.8 Å². The molecule has 16 heteroatoms. The minimum Gasteiger partial charge on any atom is -0.379 e. The summed E-state index contributed by atoms with van der Waals surface area (Å²) in [4.78, 5) is 48.3. The Kier molecular flexibility index (Phi) is 26.5. The summed E-state index contributed by atoms with van der Waals surface area (Å²) in [7, 11) is 1.46. The SMILES string of the molecule is CNC(=O)[C@H](CCCNC(N)=O)NC(=O)[C@@H](NC(=O)CCOCCOCCOCCOCCOCCOCCN)C(C)C. The Hall–Kier alpha value is -2.60. The molecule has 8 N–H and O–H groups in total. The average molecular weight is 623 g/mol. The molecule has 0 aromatic heterocycles. The maximum absolute atomic E-state index is 12.9. The van der Waals surface area contributed by atoms with Gasteiger partial charge in [0.05, 0.1) is 79.3 Å². The lowest BCUT2D eigenvalue weighted by atomic mass is 10.0. The zero-order chi connectivity index (χ0) is 32.1. The van der Waals surface area contributed by atoms with Crippen LogP contribution in [0.2, 0.25) is 0 Å². The minimum atomic E-state index is -0.836. The second-order valence-electron chi connectivity index (χ2n) is 9.61. The van der Waals surface area contributed by atoms with Gasteiger partial charge in [-0.15, -0.1) is 0 Å². The van der Waals surface area contributed by atoms with Crippen LogP contribution in [0.5, 0.6) is 0 Å². The van der Waals surface area contributed by atoms with Crippen molar-refractivity contribution in [3.63, 3.8) is 0 Å². The molecule has 0 aliphatic rings. The molecule has 5 amide bonds. The van der Waals surface area contributed by atoms with Gasteiger partial charge in [-0.3, -0.25) is 14.4 Å². The van der Waals surface area contributed by atoms with Gasteiger partial charge in [-0.25, -0.2) is 4.79 Å². The van der Waals surface area contributed by atoms with Crippen molar-refractivity contribution in [2.75, 3.05) is 99.4 Å². The van der Waals surface area contributed by atoms with Crippen molar-refractivity contribution in [1.82, 2.24) is 21.3 Å². The molecule has 0 unspecified atom stereocenters. The molecular formula is C27H54N6O10. The third-order valence-corrected chi connectivity index (χ3v) is 5.71. The molecule has 0 saturated heterocycles. The quantitative estimate of drug-likeness (QED) is 0.0513. The fourth-order valence-electron chi connectivity index (χ4n) is 3.45. The monoisotopic (exact) mass is 622 g/mol. The average Bonchev–Trinajstić information content (AvgIpc) is 2.97. The van der Waals surface area contributed by atoms with E-state index in [1.807, 2.05) is 0 Å². The van der Waals surface area contributed by atoms with Crippen molar-refractivity contribution < 1.29 is 47.6 Å². The fraction of sp³-hybridized carbons (Fsp3) is 0.852. The Morgan fingerprint density at radius 1 is 0.674 bits per heavy atom. The molecule has 0 aromatic carbocycles. The molecule has 0 aromatic rings. The number of nitrogens with two attached hydrogens (primary N) is 2. The van der Waals surface area contributed by atoms with Crippen molar-refractivity contribution in [1.29, 1.82) is 0 Å². The van der Waals surface area contributed by atoms with Crippen molar-refractivity contribution >= 4 is 23.8 Å². The van der Waals surface area contributed by atoms with Gasteiger partial charge in [-0.1, -0.05) is 13.8 Å². The highest BCUT2D eigenvalue weighted by molar-refractivity contribution is 5.92. The molecule has 0 saturated carbocycles. The van der Waals surface area contributed by atoms with E-state index >= 15 is 0 Å². The van der Waals surface area contributed by atoms with Crippen LogP contribution in [0.4, 0.5) is 4.79 Å². The fourth-order valence-corrected chi connectivity index (χ4v) is 3.45. The lowest BCUT2D eigenvalue weighted by Crippen LogP contribution is -2.55. The van der Waals surface area contributed by atoms with Gasteiger partial charge in [0.2, 0.25) is 17.7 Å². The maximum Gasteiger partial charge on any atom is 0.312 e. The largest absolute Gasteiger partial charge is 0.379 e. The van der Waals surface area contributed by atoms with Gasteiger partial charge >= 0.3 is 6.03 Å². The lowest BCUT2D eigenvalue weighted by Gasteiger charge is -2.25. The van der Waals surface area contributed by atoms with Crippen LogP contribution in [-0.4, -0.2) is 135 Å². The van der Waals surface area contributed by atoms with Crippen molar-refractivity contribution in [3.05, 3.63) is 0 Å². The number of hydrogen-bond acceptors (Lipinski definition) is 11. The van der Waals surface area contributed by atoms with Gasteiger partial charge in [0.15, 0.2) is 0 Å². The second kappa shape index (κ2) is 28.2. The Morgan fingerprint density at radius 3 is 1.56 bits per heavy atom. The van der Waals surface area contributed by atoms with Crippen molar-refractivity contribution in [2.45, 2.75) is 45.2 Å². The highest BCUT2D eigenvalue weighted by Gasteiger charge is 2.28. The molecule has 0 bridgehead atoms. The molecular weight excluding hydrogens is 568 g/mol. The first-order valence-electron chi connectivity index (χ1n) is 14.7. The van der Waals surface area contributed by atoms with E-state index in [0.717, 1.165) is 0 Å². The second-order valence-corrected chi connectivity index (χ2v) is 9.61. The van der Waals surface area contributed by atoms with E-state index < -0.39 is 24.0 Å². The van der Waals surface area contributed by atoms with Crippen LogP contribution in [0.15, 0.2) is 0 Å². The topological polar surface area (TPSA) is 224 Å². The number of carbonyl (C=O) groups excluding carboxylic acids is 4. The highest BCUT2D eigenvalue weighted by Crippen LogP contribution is 2.05. The van der Waals surface area contributed by atoms with Gasteiger partial charge in [-0.2, -0.15) is 0 Å². The molecule has 2 atom stereocenters. The smallest absolute Gasteiger partial charge is 0.312 e. The van der Waals surface area contributed by atoms with Crippen LogP contribution in [-0.2, 0) is 42.8 Å². The van der Waals surface area contributed by atoms with Crippen molar-refractivity contribution in [2.24, 2.45) is 17.4 Å². The minimum absolute atomic E-state index is 0.0599. The lowest BCUT2D eigenvalue weighted by molar-refractivity contribution is -0.133. The summed E-state index contributed by atoms with van der Waals surface area (Å²) >= 11 is 0. The standard InChI is InChI=1S/C27H54N6O10/c1-21(2)24(26(36)32-22(25(35)30-3)5-4-8-31-27(29)37)33-23(34)6-9-38-11-13-40-15-17-42-19-20-43-18-16-41-14-12-39-10-7-28/h21-22,24H,4-20,28H2,1-3H3,(H,30,35)(H,32,36)(H,33,34)(H3,29,31,37)/t22-,24-/m0/s1.